The molecule has 0 amide bonds. The van der Waals surface area contributed by atoms with Crippen LogP contribution in [0.25, 0.3) is 0 Å². The maximum atomic E-state index is 6.32. The number of likely N-dealkylation sites (tertiary alicyclic amines) is 1. The maximum absolute atomic E-state index is 6.32. The van der Waals surface area contributed by atoms with Gasteiger partial charge in [0.2, 0.25) is 5.95 Å². The molecule has 1 spiro atoms. The number of rotatable bonds is 3. The third-order valence-corrected chi connectivity index (χ3v) is 5.90. The normalized spacial score (nSPS) is 27.9. The molecule has 0 aliphatic carbocycles. The van der Waals surface area contributed by atoms with Crippen LogP contribution >= 0.6 is 0 Å². The Bertz CT molecular complexity index is 518. The fourth-order valence-corrected chi connectivity index (χ4v) is 4.32. The summed E-state index contributed by atoms with van der Waals surface area (Å²) in [6.45, 7) is 7.64. The molecular formula is C18H28N4O. The van der Waals surface area contributed by atoms with E-state index >= 15 is 0 Å². The summed E-state index contributed by atoms with van der Waals surface area (Å²) in [6.07, 6.45) is 11.1. The average molecular weight is 316 g/mol. The van der Waals surface area contributed by atoms with Crippen molar-refractivity contribution < 1.29 is 4.74 Å². The fraction of sp³-hybridized carbons (Fsp3) is 0.778. The van der Waals surface area contributed by atoms with Gasteiger partial charge in [-0.1, -0.05) is 6.92 Å². The number of hydrogen-bond acceptors (Lipinski definition) is 5. The van der Waals surface area contributed by atoms with Crippen molar-refractivity contribution in [3.05, 3.63) is 18.0 Å². The minimum atomic E-state index is 0.118. The van der Waals surface area contributed by atoms with Gasteiger partial charge in [0.25, 0.3) is 0 Å². The number of aryl methyl sites for hydroxylation is 1. The van der Waals surface area contributed by atoms with Crippen LogP contribution in [0.3, 0.4) is 0 Å². The second kappa shape index (κ2) is 6.36. The molecule has 0 N–H and O–H groups in total. The third kappa shape index (κ3) is 3.09. The van der Waals surface area contributed by atoms with Gasteiger partial charge in [0.15, 0.2) is 0 Å². The Labute approximate surface area is 139 Å². The third-order valence-electron chi connectivity index (χ3n) is 5.90. The highest BCUT2D eigenvalue weighted by Crippen LogP contribution is 2.38. The Morgan fingerprint density at radius 3 is 2.48 bits per heavy atom. The number of hydrogen-bond donors (Lipinski definition) is 0. The van der Waals surface area contributed by atoms with Gasteiger partial charge in [-0.15, -0.1) is 0 Å². The van der Waals surface area contributed by atoms with Crippen molar-refractivity contribution in [3.8, 4) is 0 Å². The minimum absolute atomic E-state index is 0.118. The fourth-order valence-electron chi connectivity index (χ4n) is 4.32. The van der Waals surface area contributed by atoms with Gasteiger partial charge in [0.05, 0.1) is 12.2 Å². The molecule has 3 saturated heterocycles. The van der Waals surface area contributed by atoms with E-state index < -0.39 is 0 Å². The van der Waals surface area contributed by atoms with Gasteiger partial charge in [0, 0.05) is 31.5 Å². The summed E-state index contributed by atoms with van der Waals surface area (Å²) >= 11 is 0. The SMILES string of the molecule is CCc1cnc(N2CCC3(CC2)C[C@@H](N2CCCC2)CO3)nc1. The molecule has 4 rings (SSSR count). The Morgan fingerprint density at radius 1 is 1.13 bits per heavy atom. The number of nitrogens with zero attached hydrogens (tertiary/aromatic N) is 4. The highest BCUT2D eigenvalue weighted by atomic mass is 16.5. The van der Waals surface area contributed by atoms with E-state index in [0.29, 0.717) is 6.04 Å². The molecule has 0 radical (unpaired) electrons. The Balaban J connectivity index is 1.35. The van der Waals surface area contributed by atoms with E-state index in [1.807, 2.05) is 12.4 Å². The molecule has 3 aliphatic rings. The Morgan fingerprint density at radius 2 is 1.83 bits per heavy atom. The summed E-state index contributed by atoms with van der Waals surface area (Å²) in [7, 11) is 0. The van der Waals surface area contributed by atoms with Gasteiger partial charge in [-0.25, -0.2) is 9.97 Å². The van der Waals surface area contributed by atoms with Crippen LogP contribution in [0.5, 0.6) is 0 Å². The number of piperidine rings is 1. The van der Waals surface area contributed by atoms with Gasteiger partial charge in [-0.2, -0.15) is 0 Å². The molecule has 23 heavy (non-hydrogen) atoms. The molecule has 0 bridgehead atoms. The van der Waals surface area contributed by atoms with Crippen LogP contribution in [0.15, 0.2) is 12.4 Å². The summed E-state index contributed by atoms with van der Waals surface area (Å²) in [6, 6.07) is 0.657. The van der Waals surface area contributed by atoms with Crippen molar-refractivity contribution in [2.75, 3.05) is 37.7 Å². The second-order valence-corrected chi connectivity index (χ2v) is 7.33. The quantitative estimate of drug-likeness (QED) is 0.855. The molecule has 3 aliphatic heterocycles. The van der Waals surface area contributed by atoms with Crippen LogP contribution in [0.4, 0.5) is 5.95 Å². The first kappa shape index (κ1) is 15.3. The molecular weight excluding hydrogens is 288 g/mol. The first-order valence-corrected chi connectivity index (χ1v) is 9.22. The minimum Gasteiger partial charge on any atom is -0.373 e. The first-order chi connectivity index (χ1) is 11.3. The number of aromatic nitrogens is 2. The van der Waals surface area contributed by atoms with Gasteiger partial charge in [-0.3, -0.25) is 4.90 Å². The Kier molecular flexibility index (Phi) is 4.24. The highest BCUT2D eigenvalue weighted by molar-refractivity contribution is 5.31. The maximum Gasteiger partial charge on any atom is 0.225 e. The van der Waals surface area contributed by atoms with Crippen LogP contribution in [-0.2, 0) is 11.2 Å². The molecule has 1 atom stereocenters. The summed E-state index contributed by atoms with van der Waals surface area (Å²) < 4.78 is 6.32. The highest BCUT2D eigenvalue weighted by Gasteiger charge is 2.44. The van der Waals surface area contributed by atoms with Crippen LogP contribution in [0.2, 0.25) is 0 Å². The largest absolute Gasteiger partial charge is 0.373 e. The van der Waals surface area contributed by atoms with Gasteiger partial charge >= 0.3 is 0 Å². The van der Waals surface area contributed by atoms with Gasteiger partial charge in [-0.05, 0) is 57.2 Å². The lowest BCUT2D eigenvalue weighted by molar-refractivity contribution is -0.0159. The monoisotopic (exact) mass is 316 g/mol. The van der Waals surface area contributed by atoms with Gasteiger partial charge < -0.3 is 9.64 Å². The molecule has 3 fully saturated rings. The van der Waals surface area contributed by atoms with Crippen molar-refractivity contribution in [2.24, 2.45) is 0 Å². The molecule has 5 heteroatoms. The lowest BCUT2D eigenvalue weighted by Gasteiger charge is -2.39. The molecule has 0 saturated carbocycles. The average Bonchev–Trinajstić information content (AvgIpc) is 3.26. The van der Waals surface area contributed by atoms with Crippen molar-refractivity contribution >= 4 is 5.95 Å². The molecule has 4 heterocycles. The van der Waals surface area contributed by atoms with E-state index in [-0.39, 0.29) is 5.60 Å². The lowest BCUT2D eigenvalue weighted by atomic mass is 9.87. The molecule has 0 aromatic carbocycles. The lowest BCUT2D eigenvalue weighted by Crippen LogP contribution is -2.45. The van der Waals surface area contributed by atoms with Crippen LogP contribution in [0.1, 0.15) is 44.6 Å². The predicted octanol–water partition coefficient (Wildman–Crippen LogP) is 2.26. The molecule has 1 aromatic heterocycles. The standard InChI is InChI=1S/C18H28N4O/c1-2-15-12-19-17(20-13-15)22-9-5-18(6-10-22)11-16(14-23-18)21-7-3-4-8-21/h12-13,16H,2-11,14H2,1H3/t16-/m1/s1. The summed E-state index contributed by atoms with van der Waals surface area (Å²) in [5, 5.41) is 0. The van der Waals surface area contributed by atoms with Gasteiger partial charge in [0.1, 0.15) is 0 Å². The van der Waals surface area contributed by atoms with Crippen LogP contribution in [-0.4, -0.2) is 59.3 Å². The van der Waals surface area contributed by atoms with E-state index in [4.69, 9.17) is 4.74 Å². The van der Waals surface area contributed by atoms with E-state index in [1.54, 1.807) is 0 Å². The van der Waals surface area contributed by atoms with Crippen molar-refractivity contribution in [1.82, 2.24) is 14.9 Å². The molecule has 5 nitrogen and oxygen atoms in total. The first-order valence-electron chi connectivity index (χ1n) is 9.22. The Hall–Kier alpha value is -1.20. The molecule has 1 aromatic rings. The van der Waals surface area contributed by atoms with Crippen LogP contribution < -0.4 is 4.90 Å². The second-order valence-electron chi connectivity index (χ2n) is 7.33. The van der Waals surface area contributed by atoms with Crippen LogP contribution in [0, 0.1) is 0 Å². The zero-order chi connectivity index (χ0) is 15.7. The summed E-state index contributed by atoms with van der Waals surface area (Å²) in [4.78, 5) is 14.0. The summed E-state index contributed by atoms with van der Waals surface area (Å²) in [5.74, 6) is 0.881. The van der Waals surface area contributed by atoms with Crippen molar-refractivity contribution in [2.45, 2.75) is 57.1 Å². The van der Waals surface area contributed by atoms with E-state index in [2.05, 4.69) is 26.7 Å². The zero-order valence-electron chi connectivity index (χ0n) is 14.2. The number of anilines is 1. The topological polar surface area (TPSA) is 41.5 Å². The number of ether oxygens (including phenoxy) is 1. The van der Waals surface area contributed by atoms with Crippen molar-refractivity contribution in [1.29, 1.82) is 0 Å². The van der Waals surface area contributed by atoms with E-state index in [9.17, 15) is 0 Å². The smallest absolute Gasteiger partial charge is 0.225 e. The molecule has 0 unspecified atom stereocenters. The van der Waals surface area contributed by atoms with E-state index in [1.165, 1.54) is 37.9 Å². The van der Waals surface area contributed by atoms with E-state index in [0.717, 1.165) is 44.9 Å². The summed E-state index contributed by atoms with van der Waals surface area (Å²) in [5.41, 5.74) is 1.32. The predicted molar refractivity (Wildman–Crippen MR) is 90.8 cm³/mol. The van der Waals surface area contributed by atoms with Crippen molar-refractivity contribution in [3.63, 3.8) is 0 Å². The zero-order valence-corrected chi connectivity index (χ0v) is 14.2. The molecule has 126 valence electrons.